The van der Waals surface area contributed by atoms with Crippen molar-refractivity contribution in [1.29, 1.82) is 0 Å². The minimum Gasteiger partial charge on any atom is -0.382 e. The second-order valence-corrected chi connectivity index (χ2v) is 7.48. The van der Waals surface area contributed by atoms with Gasteiger partial charge in [0.05, 0.1) is 12.3 Å². The lowest BCUT2D eigenvalue weighted by molar-refractivity contribution is -0.0263. The van der Waals surface area contributed by atoms with Gasteiger partial charge in [0.15, 0.2) is 0 Å². The Hall–Kier alpha value is -1.34. The molecule has 0 aromatic heterocycles. The number of aliphatic imine (C=N–C) groups is 1. The Morgan fingerprint density at radius 2 is 1.87 bits per heavy atom. The van der Waals surface area contributed by atoms with Gasteiger partial charge in [-0.25, -0.2) is 18.5 Å². The summed E-state index contributed by atoms with van der Waals surface area (Å²) in [4.78, 5) is 10.1. The van der Waals surface area contributed by atoms with E-state index >= 15 is 0 Å². The van der Waals surface area contributed by atoms with E-state index in [-0.39, 0.29) is 5.75 Å². The highest BCUT2D eigenvalue weighted by Crippen LogP contribution is 2.05. The zero-order valence-electron chi connectivity index (χ0n) is 15.0. The maximum atomic E-state index is 11.1. The molecule has 0 atom stereocenters. The molecule has 0 unspecified atom stereocenters. The first-order valence-electron chi connectivity index (χ1n) is 8.03. The Bertz CT molecular complexity index is 511. The van der Waals surface area contributed by atoms with Crippen LogP contribution in [0.1, 0.15) is 40.0 Å². The molecule has 6 nitrogen and oxygen atoms in total. The van der Waals surface area contributed by atoms with Crippen LogP contribution in [-0.2, 0) is 14.7 Å². The van der Waals surface area contributed by atoms with Crippen molar-refractivity contribution < 1.29 is 13.3 Å². The molecule has 0 spiro atoms. The summed E-state index contributed by atoms with van der Waals surface area (Å²) < 4.78 is 22.2. The average molecular weight is 346 g/mol. The second kappa shape index (κ2) is 12.1. The Labute approximate surface area is 141 Å². The maximum Gasteiger partial charge on any atom is 0.148 e. The summed E-state index contributed by atoms with van der Waals surface area (Å²) in [5.74, 6) is 0.859. The Morgan fingerprint density at radius 1 is 1.22 bits per heavy atom. The van der Waals surface area contributed by atoms with Crippen molar-refractivity contribution in [1.82, 2.24) is 10.4 Å². The number of rotatable bonds is 12. The monoisotopic (exact) mass is 345 g/mol. The first-order valence-corrected chi connectivity index (χ1v) is 10.1. The van der Waals surface area contributed by atoms with E-state index in [1.807, 2.05) is 13.0 Å². The Morgan fingerprint density at radius 3 is 2.39 bits per heavy atom. The maximum absolute atomic E-state index is 11.1. The minimum atomic E-state index is -2.94. The quantitative estimate of drug-likeness (QED) is 0.193. The van der Waals surface area contributed by atoms with Crippen molar-refractivity contribution in [3.8, 4) is 0 Å². The van der Waals surface area contributed by atoms with Gasteiger partial charge < -0.3 is 10.2 Å². The highest BCUT2D eigenvalue weighted by atomic mass is 32.2. The van der Waals surface area contributed by atoms with Gasteiger partial charge in [-0.3, -0.25) is 0 Å². The van der Waals surface area contributed by atoms with Crippen molar-refractivity contribution in [3.63, 3.8) is 0 Å². The molecule has 23 heavy (non-hydrogen) atoms. The standard InChI is InChI=1S/C16H31N3O3S/c1-6-9-15(8-3)18-14-19(4)22-16(10-7-2)13-17-11-12-23(5,20)21/h9-10,14,17H,6-8,11-13H2,1-5H3/b15-9+,16-10-,18-14?. The fourth-order valence-electron chi connectivity index (χ4n) is 1.73. The predicted molar refractivity (Wildman–Crippen MR) is 97.0 cm³/mol. The summed E-state index contributed by atoms with van der Waals surface area (Å²) in [7, 11) is -1.16. The van der Waals surface area contributed by atoms with E-state index in [4.69, 9.17) is 4.84 Å². The van der Waals surface area contributed by atoms with Gasteiger partial charge in [0.2, 0.25) is 0 Å². The number of nitrogens with zero attached hydrogens (tertiary/aromatic N) is 2. The lowest BCUT2D eigenvalue weighted by atomic mass is 10.3. The molecule has 0 heterocycles. The van der Waals surface area contributed by atoms with Crippen molar-refractivity contribution in [2.75, 3.05) is 32.1 Å². The predicted octanol–water partition coefficient (Wildman–Crippen LogP) is 2.51. The van der Waals surface area contributed by atoms with E-state index in [2.05, 4.69) is 30.2 Å². The van der Waals surface area contributed by atoms with Crippen LogP contribution in [-0.4, -0.2) is 52.0 Å². The van der Waals surface area contributed by atoms with Gasteiger partial charge in [0.25, 0.3) is 0 Å². The van der Waals surface area contributed by atoms with E-state index < -0.39 is 9.84 Å². The highest BCUT2D eigenvalue weighted by molar-refractivity contribution is 7.90. The zero-order chi connectivity index (χ0) is 17.7. The number of nitrogens with one attached hydrogen (secondary N) is 1. The molecule has 0 aliphatic rings. The van der Waals surface area contributed by atoms with Crippen LogP contribution in [0.4, 0.5) is 0 Å². The van der Waals surface area contributed by atoms with Gasteiger partial charge in [-0.2, -0.15) is 0 Å². The van der Waals surface area contributed by atoms with Gasteiger partial charge >= 0.3 is 0 Å². The number of sulfone groups is 1. The molecular weight excluding hydrogens is 314 g/mol. The molecular formula is C16H31N3O3S. The molecule has 7 heteroatoms. The molecule has 0 fully saturated rings. The van der Waals surface area contributed by atoms with Crippen LogP contribution in [0.3, 0.4) is 0 Å². The third kappa shape index (κ3) is 12.9. The SMILES string of the molecule is CC/C=C(/CNCCS(C)(=O)=O)ON(C)C=N/C(=C/CC)CC. The normalized spacial score (nSPS) is 13.6. The van der Waals surface area contributed by atoms with Crippen molar-refractivity contribution in [2.24, 2.45) is 4.99 Å². The number of allylic oxidation sites excluding steroid dienone is 3. The first kappa shape index (κ1) is 21.7. The molecule has 1 N–H and O–H groups in total. The van der Waals surface area contributed by atoms with E-state index in [0.717, 1.165) is 30.7 Å². The van der Waals surface area contributed by atoms with Gasteiger partial charge in [0.1, 0.15) is 21.9 Å². The van der Waals surface area contributed by atoms with Crippen LogP contribution in [0, 0.1) is 0 Å². The first-order chi connectivity index (χ1) is 10.8. The van der Waals surface area contributed by atoms with Crippen LogP contribution >= 0.6 is 0 Å². The van der Waals surface area contributed by atoms with Crippen molar-refractivity contribution in [2.45, 2.75) is 40.0 Å². The van der Waals surface area contributed by atoms with Crippen LogP contribution in [0.15, 0.2) is 28.6 Å². The molecule has 0 aromatic rings. The molecule has 0 aliphatic heterocycles. The fraction of sp³-hybridized carbons (Fsp3) is 0.688. The van der Waals surface area contributed by atoms with Gasteiger partial charge in [-0.1, -0.05) is 26.8 Å². The topological polar surface area (TPSA) is 71.0 Å². The van der Waals surface area contributed by atoms with Gasteiger partial charge in [0, 0.05) is 25.5 Å². The molecule has 0 bridgehead atoms. The zero-order valence-corrected chi connectivity index (χ0v) is 15.8. The number of hydrogen-bond acceptors (Lipinski definition) is 5. The molecule has 0 saturated heterocycles. The highest BCUT2D eigenvalue weighted by Gasteiger charge is 2.04. The number of hydroxylamine groups is 2. The third-order valence-corrected chi connectivity index (χ3v) is 3.78. The number of hydrogen-bond donors (Lipinski definition) is 1. The molecule has 0 aromatic carbocycles. The third-order valence-electron chi connectivity index (χ3n) is 2.83. The molecule has 0 radical (unpaired) electrons. The average Bonchev–Trinajstić information content (AvgIpc) is 2.47. The summed E-state index contributed by atoms with van der Waals surface area (Å²) in [5.41, 5.74) is 1.02. The summed E-state index contributed by atoms with van der Waals surface area (Å²) in [6.45, 7) is 7.05. The van der Waals surface area contributed by atoms with Gasteiger partial charge in [-0.15, -0.1) is 0 Å². The lowest BCUT2D eigenvalue weighted by Crippen LogP contribution is -2.27. The van der Waals surface area contributed by atoms with Crippen LogP contribution in [0.5, 0.6) is 0 Å². The van der Waals surface area contributed by atoms with Gasteiger partial charge in [-0.05, 0) is 25.3 Å². The smallest absolute Gasteiger partial charge is 0.148 e. The van der Waals surface area contributed by atoms with E-state index in [1.165, 1.54) is 6.26 Å². The van der Waals surface area contributed by atoms with Crippen LogP contribution in [0.2, 0.25) is 0 Å². The minimum absolute atomic E-state index is 0.116. The largest absolute Gasteiger partial charge is 0.382 e. The fourth-order valence-corrected chi connectivity index (χ4v) is 2.24. The molecule has 134 valence electrons. The van der Waals surface area contributed by atoms with E-state index in [1.54, 1.807) is 18.4 Å². The summed E-state index contributed by atoms with van der Waals surface area (Å²) in [6.07, 6.45) is 9.59. The van der Waals surface area contributed by atoms with E-state index in [0.29, 0.717) is 13.1 Å². The molecule has 0 aliphatic carbocycles. The molecule has 0 saturated carbocycles. The van der Waals surface area contributed by atoms with Crippen LogP contribution in [0.25, 0.3) is 0 Å². The molecule has 0 amide bonds. The summed E-state index contributed by atoms with van der Waals surface area (Å²) in [5, 5.41) is 4.63. The van der Waals surface area contributed by atoms with Crippen molar-refractivity contribution in [3.05, 3.63) is 23.6 Å². The van der Waals surface area contributed by atoms with E-state index in [9.17, 15) is 8.42 Å². The Kier molecular flexibility index (Phi) is 11.4. The second-order valence-electron chi connectivity index (χ2n) is 5.22. The summed E-state index contributed by atoms with van der Waals surface area (Å²) >= 11 is 0. The van der Waals surface area contributed by atoms with Crippen LogP contribution < -0.4 is 5.32 Å². The van der Waals surface area contributed by atoms with Crippen molar-refractivity contribution >= 4 is 16.2 Å². The Balaban J connectivity index is 4.44. The lowest BCUT2D eigenvalue weighted by Gasteiger charge is -2.17. The molecule has 0 rings (SSSR count). The summed E-state index contributed by atoms with van der Waals surface area (Å²) in [6, 6.07) is 0.